The number of nitrogens with zero attached hydrogens (tertiary/aromatic N) is 1. The highest BCUT2D eigenvalue weighted by Gasteiger charge is 2.57. The van der Waals surface area contributed by atoms with Gasteiger partial charge in [-0.1, -0.05) is 18.2 Å². The molecule has 6 heteroatoms. The summed E-state index contributed by atoms with van der Waals surface area (Å²) in [5.74, 6) is 2.88. The minimum atomic E-state index is -0.791. The van der Waals surface area contributed by atoms with Crippen molar-refractivity contribution >= 4 is 11.6 Å². The van der Waals surface area contributed by atoms with Gasteiger partial charge in [0.1, 0.15) is 17.8 Å². The third kappa shape index (κ3) is 2.42. The zero-order valence-electron chi connectivity index (χ0n) is 16.3. The molecule has 2 aromatic carbocycles. The standard InChI is InChI=1S/C23H24N2O4/c26-22-23(13-27-19-12-21-20(11-17(19)23)28-14-29-21)16-3-1-2-4-18(16)25(22)10-7-15-5-8-24-9-6-15/h1-4,11-12,15,24H,5-10,13-14H2. The lowest BCUT2D eigenvalue weighted by Crippen LogP contribution is -2.43. The number of amides is 1. The van der Waals surface area contributed by atoms with E-state index in [0.29, 0.717) is 24.0 Å². The fourth-order valence-electron chi connectivity index (χ4n) is 5.27. The Balaban J connectivity index is 1.39. The van der Waals surface area contributed by atoms with Crippen LogP contribution in [0, 0.1) is 5.92 Å². The van der Waals surface area contributed by atoms with Gasteiger partial charge in [0.2, 0.25) is 12.7 Å². The number of carbonyl (C=O) groups is 1. The summed E-state index contributed by atoms with van der Waals surface area (Å²) in [4.78, 5) is 15.9. The van der Waals surface area contributed by atoms with E-state index >= 15 is 0 Å². The number of hydrogen-bond donors (Lipinski definition) is 1. The molecule has 4 aliphatic rings. The highest BCUT2D eigenvalue weighted by Crippen LogP contribution is 2.55. The van der Waals surface area contributed by atoms with E-state index in [-0.39, 0.29) is 12.7 Å². The van der Waals surface area contributed by atoms with E-state index in [1.165, 1.54) is 12.8 Å². The zero-order valence-corrected chi connectivity index (χ0v) is 16.3. The number of para-hydroxylation sites is 1. The van der Waals surface area contributed by atoms with Gasteiger partial charge in [-0.05, 0) is 56.0 Å². The lowest BCUT2D eigenvalue weighted by molar-refractivity contribution is -0.122. The maximum absolute atomic E-state index is 13.9. The van der Waals surface area contributed by atoms with Crippen LogP contribution < -0.4 is 24.4 Å². The average Bonchev–Trinajstić information content (AvgIpc) is 3.43. The van der Waals surface area contributed by atoms with Crippen molar-refractivity contribution in [3.8, 4) is 17.2 Å². The summed E-state index contributed by atoms with van der Waals surface area (Å²) in [6, 6.07) is 12.0. The molecule has 1 N–H and O–H groups in total. The van der Waals surface area contributed by atoms with Gasteiger partial charge in [0.05, 0.1) is 0 Å². The van der Waals surface area contributed by atoms with E-state index in [2.05, 4.69) is 17.4 Å². The maximum atomic E-state index is 13.9. The summed E-state index contributed by atoms with van der Waals surface area (Å²) in [5, 5.41) is 3.42. The molecule has 0 saturated carbocycles. The van der Waals surface area contributed by atoms with Gasteiger partial charge in [-0.2, -0.15) is 0 Å². The van der Waals surface area contributed by atoms with Crippen LogP contribution in [0.25, 0.3) is 0 Å². The molecule has 0 aromatic heterocycles. The molecule has 29 heavy (non-hydrogen) atoms. The molecule has 1 saturated heterocycles. The number of ether oxygens (including phenoxy) is 3. The molecule has 2 aromatic rings. The lowest BCUT2D eigenvalue weighted by Gasteiger charge is -2.27. The van der Waals surface area contributed by atoms with Crippen molar-refractivity contribution in [2.75, 3.05) is 37.9 Å². The van der Waals surface area contributed by atoms with Crippen molar-refractivity contribution in [1.29, 1.82) is 0 Å². The predicted molar refractivity (Wildman–Crippen MR) is 108 cm³/mol. The van der Waals surface area contributed by atoms with Crippen molar-refractivity contribution in [3.63, 3.8) is 0 Å². The van der Waals surface area contributed by atoms with Crippen LogP contribution in [0.5, 0.6) is 17.2 Å². The van der Waals surface area contributed by atoms with Gasteiger partial charge < -0.3 is 24.4 Å². The molecule has 0 radical (unpaired) electrons. The topological polar surface area (TPSA) is 60.0 Å². The Bertz CT molecular complexity index is 985. The Morgan fingerprint density at radius 2 is 1.79 bits per heavy atom. The highest BCUT2D eigenvalue weighted by atomic mass is 16.7. The van der Waals surface area contributed by atoms with Gasteiger partial charge >= 0.3 is 0 Å². The minimum absolute atomic E-state index is 0.116. The van der Waals surface area contributed by atoms with Crippen LogP contribution in [0.1, 0.15) is 30.4 Å². The Morgan fingerprint density at radius 1 is 1.00 bits per heavy atom. The molecule has 150 valence electrons. The smallest absolute Gasteiger partial charge is 0.245 e. The van der Waals surface area contributed by atoms with Gasteiger partial charge in [-0.15, -0.1) is 0 Å². The van der Waals surface area contributed by atoms with Crippen LogP contribution in [0.2, 0.25) is 0 Å². The monoisotopic (exact) mass is 392 g/mol. The van der Waals surface area contributed by atoms with Crippen molar-refractivity contribution in [2.24, 2.45) is 5.92 Å². The van der Waals surface area contributed by atoms with Gasteiger partial charge in [0.15, 0.2) is 11.5 Å². The first kappa shape index (κ1) is 17.2. The van der Waals surface area contributed by atoms with Crippen LogP contribution in [0.15, 0.2) is 36.4 Å². The number of carbonyl (C=O) groups excluding carboxylic acids is 1. The van der Waals surface area contributed by atoms with Gasteiger partial charge in [-0.25, -0.2) is 0 Å². The van der Waals surface area contributed by atoms with Crippen molar-refractivity contribution in [2.45, 2.75) is 24.7 Å². The van der Waals surface area contributed by atoms with Crippen molar-refractivity contribution < 1.29 is 19.0 Å². The summed E-state index contributed by atoms with van der Waals surface area (Å²) < 4.78 is 17.1. The van der Waals surface area contributed by atoms with E-state index in [9.17, 15) is 4.79 Å². The SMILES string of the molecule is O=C1N(CCC2CCNCC2)c2ccccc2C12COc1cc3c(cc12)OCO3. The fourth-order valence-corrected chi connectivity index (χ4v) is 5.27. The number of rotatable bonds is 3. The number of fused-ring (bicyclic) bond motifs is 5. The van der Waals surface area contributed by atoms with Crippen LogP contribution in [0.4, 0.5) is 5.69 Å². The molecule has 1 fully saturated rings. The van der Waals surface area contributed by atoms with Gasteiger partial charge in [-0.3, -0.25) is 4.79 Å². The first-order valence-corrected chi connectivity index (χ1v) is 10.5. The second kappa shape index (κ2) is 6.39. The molecule has 0 bridgehead atoms. The normalized spacial score (nSPS) is 24.7. The summed E-state index contributed by atoms with van der Waals surface area (Å²) in [5.41, 5.74) is 2.15. The number of benzene rings is 2. The van der Waals surface area contributed by atoms with E-state index < -0.39 is 5.41 Å². The Labute approximate surface area is 169 Å². The second-order valence-electron chi connectivity index (χ2n) is 8.35. The molecule has 1 atom stereocenters. The Morgan fingerprint density at radius 3 is 2.66 bits per heavy atom. The highest BCUT2D eigenvalue weighted by molar-refractivity contribution is 6.11. The maximum Gasteiger partial charge on any atom is 0.245 e. The fraction of sp³-hybridized carbons (Fsp3) is 0.435. The number of hydrogen-bond acceptors (Lipinski definition) is 5. The zero-order chi connectivity index (χ0) is 19.4. The number of anilines is 1. The first-order valence-electron chi connectivity index (χ1n) is 10.5. The molecule has 4 aliphatic heterocycles. The van der Waals surface area contributed by atoms with Crippen LogP contribution in [-0.4, -0.2) is 38.9 Å². The van der Waals surface area contributed by atoms with Crippen molar-refractivity contribution in [3.05, 3.63) is 47.5 Å². The largest absolute Gasteiger partial charge is 0.491 e. The second-order valence-corrected chi connectivity index (χ2v) is 8.35. The predicted octanol–water partition coefficient (Wildman–Crippen LogP) is 2.83. The Kier molecular flexibility index (Phi) is 3.78. The molecule has 0 aliphatic carbocycles. The van der Waals surface area contributed by atoms with E-state index in [0.717, 1.165) is 48.6 Å². The number of nitrogens with one attached hydrogen (secondary N) is 1. The third-order valence-electron chi connectivity index (χ3n) is 6.86. The van der Waals surface area contributed by atoms with Gasteiger partial charge in [0, 0.05) is 23.9 Å². The third-order valence-corrected chi connectivity index (χ3v) is 6.86. The number of piperidine rings is 1. The Hall–Kier alpha value is -2.73. The average molecular weight is 392 g/mol. The van der Waals surface area contributed by atoms with Crippen LogP contribution in [0.3, 0.4) is 0 Å². The summed E-state index contributed by atoms with van der Waals surface area (Å²) in [7, 11) is 0. The quantitative estimate of drug-likeness (QED) is 0.871. The molecule has 1 amide bonds. The lowest BCUT2D eigenvalue weighted by atomic mass is 9.77. The van der Waals surface area contributed by atoms with Crippen LogP contribution >= 0.6 is 0 Å². The molecule has 4 heterocycles. The van der Waals surface area contributed by atoms with E-state index in [1.54, 1.807) is 0 Å². The molecule has 6 nitrogen and oxygen atoms in total. The van der Waals surface area contributed by atoms with Crippen molar-refractivity contribution in [1.82, 2.24) is 5.32 Å². The summed E-state index contributed by atoms with van der Waals surface area (Å²) in [6.45, 7) is 3.44. The molecule has 1 spiro atoms. The molecule has 6 rings (SSSR count). The summed E-state index contributed by atoms with van der Waals surface area (Å²) in [6.07, 6.45) is 3.40. The first-order chi connectivity index (χ1) is 14.3. The van der Waals surface area contributed by atoms with Gasteiger partial charge in [0.25, 0.3) is 0 Å². The molecule has 1 unspecified atom stereocenters. The summed E-state index contributed by atoms with van der Waals surface area (Å²) >= 11 is 0. The molecular weight excluding hydrogens is 368 g/mol. The van der Waals surface area contributed by atoms with Crippen LogP contribution in [-0.2, 0) is 10.2 Å². The van der Waals surface area contributed by atoms with E-state index in [1.807, 2.05) is 29.2 Å². The molecular formula is C23H24N2O4. The minimum Gasteiger partial charge on any atom is -0.491 e. The van der Waals surface area contributed by atoms with E-state index in [4.69, 9.17) is 14.2 Å².